The number of nitrogens with one attached hydrogen (secondary N) is 2. The van der Waals surface area contributed by atoms with E-state index in [1.165, 1.54) is 36.0 Å². The molecule has 0 spiro atoms. The third-order valence-electron chi connectivity index (χ3n) is 4.97. The number of amides is 1. The zero-order chi connectivity index (χ0) is 24.7. The molecule has 3 aromatic carbocycles. The first-order valence-electron chi connectivity index (χ1n) is 10.6. The molecule has 34 heavy (non-hydrogen) atoms. The fraction of sp³-hybridized carbons (Fsp3) is 0.240. The number of sulfonamides is 1. The number of rotatable bonds is 10. The van der Waals surface area contributed by atoms with Gasteiger partial charge in [0.15, 0.2) is 0 Å². The van der Waals surface area contributed by atoms with Gasteiger partial charge < -0.3 is 10.1 Å². The van der Waals surface area contributed by atoms with Crippen LogP contribution in [0.15, 0.2) is 76.5 Å². The van der Waals surface area contributed by atoms with Crippen molar-refractivity contribution >= 4 is 33.4 Å². The SMILES string of the molecule is CSc1ccc(S(=O)(=O)NCc2ccc(OCc3ccc(F)cc3)cc2)cc1NC(=O)C(C)C. The summed E-state index contributed by atoms with van der Waals surface area (Å²) in [6.45, 7) is 3.94. The van der Waals surface area contributed by atoms with E-state index in [0.29, 0.717) is 18.0 Å². The average Bonchev–Trinajstić information content (AvgIpc) is 2.83. The Balaban J connectivity index is 1.63. The molecule has 1 amide bonds. The molecule has 0 radical (unpaired) electrons. The van der Waals surface area contributed by atoms with Gasteiger partial charge in [-0.25, -0.2) is 17.5 Å². The van der Waals surface area contributed by atoms with Crippen LogP contribution in [0.4, 0.5) is 10.1 Å². The van der Waals surface area contributed by atoms with Crippen LogP contribution in [-0.4, -0.2) is 20.6 Å². The van der Waals surface area contributed by atoms with Crippen LogP contribution in [0.2, 0.25) is 0 Å². The first kappa shape index (κ1) is 25.7. The normalized spacial score (nSPS) is 11.4. The number of halogens is 1. The Bertz CT molecular complexity index is 1230. The fourth-order valence-corrected chi connectivity index (χ4v) is 4.52. The monoisotopic (exact) mass is 502 g/mol. The molecule has 6 nitrogen and oxygen atoms in total. The Morgan fingerprint density at radius 2 is 1.65 bits per heavy atom. The van der Waals surface area contributed by atoms with Gasteiger partial charge in [0.25, 0.3) is 0 Å². The molecule has 0 aliphatic rings. The Labute approximate surface area is 204 Å². The van der Waals surface area contributed by atoms with Gasteiger partial charge in [0, 0.05) is 17.4 Å². The van der Waals surface area contributed by atoms with Crippen molar-refractivity contribution < 1.29 is 22.3 Å². The molecule has 0 unspecified atom stereocenters. The van der Waals surface area contributed by atoms with Crippen molar-refractivity contribution in [2.24, 2.45) is 5.92 Å². The van der Waals surface area contributed by atoms with Gasteiger partial charge in [-0.2, -0.15) is 0 Å². The lowest BCUT2D eigenvalue weighted by atomic mass is 10.2. The van der Waals surface area contributed by atoms with Gasteiger partial charge in [0.1, 0.15) is 18.2 Å². The van der Waals surface area contributed by atoms with Crippen molar-refractivity contribution in [3.05, 3.63) is 83.7 Å². The summed E-state index contributed by atoms with van der Waals surface area (Å²) >= 11 is 1.42. The summed E-state index contributed by atoms with van der Waals surface area (Å²) in [4.78, 5) is 13.0. The van der Waals surface area contributed by atoms with Gasteiger partial charge in [-0.1, -0.05) is 38.1 Å². The second-order valence-corrected chi connectivity index (χ2v) is 10.5. The first-order chi connectivity index (χ1) is 16.2. The molecule has 9 heteroatoms. The number of ether oxygens (including phenoxy) is 1. The highest BCUT2D eigenvalue weighted by Crippen LogP contribution is 2.28. The van der Waals surface area contributed by atoms with Crippen molar-refractivity contribution in [2.75, 3.05) is 11.6 Å². The van der Waals surface area contributed by atoms with Gasteiger partial charge in [0.2, 0.25) is 15.9 Å². The summed E-state index contributed by atoms with van der Waals surface area (Å²) in [5.74, 6) is -0.0864. The second kappa shape index (κ2) is 11.5. The fourth-order valence-electron chi connectivity index (χ4n) is 2.94. The molecular formula is C25H27FN2O4S2. The van der Waals surface area contributed by atoms with E-state index < -0.39 is 10.0 Å². The molecule has 3 rings (SSSR count). The molecule has 180 valence electrons. The molecule has 2 N–H and O–H groups in total. The number of thioether (sulfide) groups is 1. The van der Waals surface area contributed by atoms with Gasteiger partial charge in [0.05, 0.1) is 10.6 Å². The van der Waals surface area contributed by atoms with E-state index in [1.807, 2.05) is 6.26 Å². The standard InChI is InChI=1S/C25H27FN2O4S2/c1-17(2)25(29)28-23-14-22(12-13-24(23)33-3)34(30,31)27-15-18-6-10-21(11-7-18)32-16-19-4-8-20(26)9-5-19/h4-14,17,27H,15-16H2,1-3H3,(H,28,29). The lowest BCUT2D eigenvalue weighted by Crippen LogP contribution is -2.24. The molecule has 0 heterocycles. The van der Waals surface area contributed by atoms with Crippen LogP contribution < -0.4 is 14.8 Å². The summed E-state index contributed by atoms with van der Waals surface area (Å²) in [5.41, 5.74) is 2.07. The van der Waals surface area contributed by atoms with E-state index in [9.17, 15) is 17.6 Å². The van der Waals surface area contributed by atoms with Crippen molar-refractivity contribution in [3.63, 3.8) is 0 Å². The topological polar surface area (TPSA) is 84.5 Å². The van der Waals surface area contributed by atoms with Crippen LogP contribution in [0.3, 0.4) is 0 Å². The predicted octanol–water partition coefficient (Wildman–Crippen LogP) is 5.20. The van der Waals surface area contributed by atoms with E-state index in [0.717, 1.165) is 16.0 Å². The highest BCUT2D eigenvalue weighted by Gasteiger charge is 2.18. The number of hydrogen-bond donors (Lipinski definition) is 2. The van der Waals surface area contributed by atoms with Crippen LogP contribution in [0.25, 0.3) is 0 Å². The molecule has 0 aliphatic carbocycles. The molecule has 0 atom stereocenters. The Morgan fingerprint density at radius 1 is 1.00 bits per heavy atom. The smallest absolute Gasteiger partial charge is 0.240 e. The zero-order valence-corrected chi connectivity index (χ0v) is 20.8. The molecule has 3 aromatic rings. The van der Waals surface area contributed by atoms with Crippen LogP contribution in [0.5, 0.6) is 5.75 Å². The van der Waals surface area contributed by atoms with Gasteiger partial charge in [-0.05, 0) is 59.8 Å². The van der Waals surface area contributed by atoms with E-state index in [1.54, 1.807) is 56.3 Å². The van der Waals surface area contributed by atoms with E-state index >= 15 is 0 Å². The molecule has 0 bridgehead atoms. The van der Waals surface area contributed by atoms with Crippen LogP contribution >= 0.6 is 11.8 Å². The minimum Gasteiger partial charge on any atom is -0.489 e. The Kier molecular flexibility index (Phi) is 8.71. The summed E-state index contributed by atoms with van der Waals surface area (Å²) in [5, 5.41) is 2.80. The largest absolute Gasteiger partial charge is 0.489 e. The van der Waals surface area contributed by atoms with Crippen molar-refractivity contribution in [3.8, 4) is 5.75 Å². The highest BCUT2D eigenvalue weighted by molar-refractivity contribution is 7.98. The average molecular weight is 503 g/mol. The maximum atomic E-state index is 13.0. The molecule has 0 aromatic heterocycles. The molecular weight excluding hydrogens is 475 g/mol. The molecule has 0 aliphatic heterocycles. The second-order valence-electron chi connectivity index (χ2n) is 7.89. The summed E-state index contributed by atoms with van der Waals surface area (Å²) < 4.78 is 47.0. The van der Waals surface area contributed by atoms with Gasteiger partial charge in [-0.15, -0.1) is 11.8 Å². The zero-order valence-electron chi connectivity index (χ0n) is 19.2. The molecule has 0 fully saturated rings. The van der Waals surface area contributed by atoms with Gasteiger partial charge in [-0.3, -0.25) is 4.79 Å². The van der Waals surface area contributed by atoms with Crippen LogP contribution in [-0.2, 0) is 28.0 Å². The summed E-state index contributed by atoms with van der Waals surface area (Å²) in [6, 6.07) is 17.8. The lowest BCUT2D eigenvalue weighted by Gasteiger charge is -2.14. The maximum Gasteiger partial charge on any atom is 0.240 e. The van der Waals surface area contributed by atoms with Crippen LogP contribution in [0, 0.1) is 11.7 Å². The van der Waals surface area contributed by atoms with Crippen LogP contribution in [0.1, 0.15) is 25.0 Å². The summed E-state index contributed by atoms with van der Waals surface area (Å²) in [6.07, 6.45) is 1.86. The third kappa shape index (κ3) is 7.06. The highest BCUT2D eigenvalue weighted by atomic mass is 32.2. The quantitative estimate of drug-likeness (QED) is 0.372. The Hall–Kier alpha value is -2.88. The van der Waals surface area contributed by atoms with E-state index in [-0.39, 0.29) is 29.1 Å². The van der Waals surface area contributed by atoms with E-state index in [4.69, 9.17) is 4.74 Å². The summed E-state index contributed by atoms with van der Waals surface area (Å²) in [7, 11) is -3.79. The number of anilines is 1. The lowest BCUT2D eigenvalue weighted by molar-refractivity contribution is -0.118. The third-order valence-corrected chi connectivity index (χ3v) is 7.17. The van der Waals surface area contributed by atoms with Crippen molar-refractivity contribution in [1.82, 2.24) is 4.72 Å². The molecule has 0 saturated carbocycles. The number of carbonyl (C=O) groups excluding carboxylic acids is 1. The van der Waals surface area contributed by atoms with E-state index in [2.05, 4.69) is 10.0 Å². The first-order valence-corrected chi connectivity index (χ1v) is 13.3. The predicted molar refractivity (Wildman–Crippen MR) is 133 cm³/mol. The Morgan fingerprint density at radius 3 is 2.26 bits per heavy atom. The number of carbonyl (C=O) groups is 1. The minimum absolute atomic E-state index is 0.0728. The number of hydrogen-bond acceptors (Lipinski definition) is 5. The minimum atomic E-state index is -3.79. The molecule has 0 saturated heterocycles. The van der Waals surface area contributed by atoms with Crippen molar-refractivity contribution in [2.45, 2.75) is 36.8 Å². The van der Waals surface area contributed by atoms with Gasteiger partial charge >= 0.3 is 0 Å². The maximum absolute atomic E-state index is 13.0. The van der Waals surface area contributed by atoms with Crippen molar-refractivity contribution in [1.29, 1.82) is 0 Å². The number of benzene rings is 3.